The Labute approximate surface area is 170 Å². The highest BCUT2D eigenvalue weighted by molar-refractivity contribution is 5.94. The van der Waals surface area contributed by atoms with E-state index in [2.05, 4.69) is 20.8 Å². The highest BCUT2D eigenvalue weighted by Crippen LogP contribution is 2.67. The minimum Gasteiger partial charge on any atom is -0.425 e. The Morgan fingerprint density at radius 3 is 2.43 bits per heavy atom. The van der Waals surface area contributed by atoms with Crippen molar-refractivity contribution in [1.29, 1.82) is 0 Å². The van der Waals surface area contributed by atoms with Gasteiger partial charge in [0.05, 0.1) is 0 Å². The van der Waals surface area contributed by atoms with Gasteiger partial charge in [0.15, 0.2) is 0 Å². The molecule has 8 atom stereocenters. The Morgan fingerprint density at radius 1 is 1.04 bits per heavy atom. The molecule has 0 aromatic rings. The number of carbonyl (C=O) groups excluding carboxylic acids is 2. The highest BCUT2D eigenvalue weighted by Gasteiger charge is 2.66. The molecule has 28 heavy (non-hydrogen) atoms. The summed E-state index contributed by atoms with van der Waals surface area (Å²) in [5.41, 5.74) is 0.0172. The summed E-state index contributed by atoms with van der Waals surface area (Å²) in [5.74, 6) is 1.25. The van der Waals surface area contributed by atoms with Crippen LogP contribution in [0.3, 0.4) is 0 Å². The minimum absolute atomic E-state index is 0.0392. The van der Waals surface area contributed by atoms with Gasteiger partial charge in [0.1, 0.15) is 0 Å². The van der Waals surface area contributed by atoms with Gasteiger partial charge in [-0.2, -0.15) is 0 Å². The lowest BCUT2D eigenvalue weighted by Gasteiger charge is -2.61. The molecular formula is C24H38O4. The van der Waals surface area contributed by atoms with Crippen molar-refractivity contribution >= 4 is 11.8 Å². The monoisotopic (exact) mass is 390 g/mol. The Hall–Kier alpha value is -0.900. The zero-order valence-electron chi connectivity index (χ0n) is 18.4. The predicted molar refractivity (Wildman–Crippen MR) is 107 cm³/mol. The Bertz CT molecular complexity index is 659. The van der Waals surface area contributed by atoms with Crippen LogP contribution >= 0.6 is 0 Å². The van der Waals surface area contributed by atoms with E-state index in [1.807, 2.05) is 0 Å². The molecule has 1 unspecified atom stereocenters. The number of carbonyl (C=O) groups is 2. The number of esters is 1. The summed E-state index contributed by atoms with van der Waals surface area (Å²) in [7, 11) is 1.52. The lowest BCUT2D eigenvalue weighted by Crippen LogP contribution is -2.64. The molecular weight excluding hydrogens is 352 g/mol. The van der Waals surface area contributed by atoms with Crippen molar-refractivity contribution in [2.75, 3.05) is 7.11 Å². The van der Waals surface area contributed by atoms with E-state index in [9.17, 15) is 9.59 Å². The average Bonchev–Trinajstić information content (AvgIpc) is 3.01. The van der Waals surface area contributed by atoms with Crippen LogP contribution in [-0.4, -0.2) is 24.6 Å². The number of ketones is 1. The van der Waals surface area contributed by atoms with Gasteiger partial charge in [-0.3, -0.25) is 9.59 Å². The van der Waals surface area contributed by atoms with Crippen LogP contribution in [-0.2, 0) is 19.1 Å². The third kappa shape index (κ3) is 2.58. The van der Waals surface area contributed by atoms with Crippen LogP contribution in [0.4, 0.5) is 0 Å². The fraction of sp³-hybridized carbons (Fsp3) is 0.917. The third-order valence-corrected chi connectivity index (χ3v) is 9.89. The quantitative estimate of drug-likeness (QED) is 0.494. The van der Waals surface area contributed by atoms with Crippen LogP contribution in [0.1, 0.15) is 85.5 Å². The fourth-order valence-electron chi connectivity index (χ4n) is 8.46. The van der Waals surface area contributed by atoms with Gasteiger partial charge >= 0.3 is 5.97 Å². The molecule has 0 spiro atoms. The maximum absolute atomic E-state index is 13.9. The van der Waals surface area contributed by atoms with Gasteiger partial charge in [-0.15, -0.1) is 0 Å². The summed E-state index contributed by atoms with van der Waals surface area (Å²) in [5, 5.41) is 0. The second kappa shape index (κ2) is 6.82. The third-order valence-electron chi connectivity index (χ3n) is 9.89. The standard InChI is InChI=1S/C24H38O4/c1-6-16-8-10-19-18-9-7-17-11-14-24(27-5,28-15(2)25)21(26)23(17,4)20(18)12-13-22(16,19)3/h16-20H,6-14H2,1-5H3/t16-,17-,18-,19-,20-,22+,23-,24?/m0/s1. The summed E-state index contributed by atoms with van der Waals surface area (Å²) < 4.78 is 11.2. The van der Waals surface area contributed by atoms with Crippen LogP contribution < -0.4 is 0 Å². The predicted octanol–water partition coefficient (Wildman–Crippen LogP) is 5.14. The van der Waals surface area contributed by atoms with E-state index in [0.717, 1.165) is 31.1 Å². The van der Waals surface area contributed by atoms with Gasteiger partial charge in [0, 0.05) is 25.9 Å². The maximum Gasteiger partial charge on any atom is 0.305 e. The molecule has 0 heterocycles. The van der Waals surface area contributed by atoms with Gasteiger partial charge in [0.2, 0.25) is 5.78 Å². The topological polar surface area (TPSA) is 52.6 Å². The molecule has 0 bridgehead atoms. The first-order chi connectivity index (χ1) is 13.2. The molecule has 0 radical (unpaired) electrons. The van der Waals surface area contributed by atoms with Crippen molar-refractivity contribution in [3.63, 3.8) is 0 Å². The number of fused-ring (bicyclic) bond motifs is 5. The van der Waals surface area contributed by atoms with Gasteiger partial charge < -0.3 is 9.47 Å². The molecule has 4 saturated carbocycles. The van der Waals surface area contributed by atoms with Crippen molar-refractivity contribution in [2.24, 2.45) is 40.4 Å². The number of rotatable bonds is 3. The molecule has 4 aliphatic carbocycles. The van der Waals surface area contributed by atoms with Gasteiger partial charge in [-0.25, -0.2) is 0 Å². The summed E-state index contributed by atoms with van der Waals surface area (Å²) in [6.45, 7) is 8.44. The Balaban J connectivity index is 1.68. The molecule has 0 aromatic carbocycles. The number of ether oxygens (including phenoxy) is 2. The first kappa shape index (κ1) is 20.4. The number of methoxy groups -OCH3 is 1. The molecule has 4 fully saturated rings. The van der Waals surface area contributed by atoms with Crippen molar-refractivity contribution in [3.8, 4) is 0 Å². The molecule has 0 amide bonds. The zero-order chi connectivity index (χ0) is 20.3. The van der Waals surface area contributed by atoms with Gasteiger partial charge in [-0.1, -0.05) is 27.2 Å². The summed E-state index contributed by atoms with van der Waals surface area (Å²) in [6.07, 6.45) is 10.1. The van der Waals surface area contributed by atoms with Crippen LogP contribution in [0.5, 0.6) is 0 Å². The second-order valence-electron chi connectivity index (χ2n) is 10.6. The fourth-order valence-corrected chi connectivity index (χ4v) is 8.46. The Kier molecular flexibility index (Phi) is 4.96. The van der Waals surface area contributed by atoms with E-state index in [0.29, 0.717) is 29.6 Å². The first-order valence-corrected chi connectivity index (χ1v) is 11.5. The van der Waals surface area contributed by atoms with Crippen molar-refractivity contribution < 1.29 is 19.1 Å². The zero-order valence-corrected chi connectivity index (χ0v) is 18.4. The van der Waals surface area contributed by atoms with E-state index in [4.69, 9.17) is 9.47 Å². The maximum atomic E-state index is 13.9. The molecule has 0 N–H and O–H groups in total. The first-order valence-electron chi connectivity index (χ1n) is 11.5. The molecule has 0 saturated heterocycles. The molecule has 4 aliphatic rings. The van der Waals surface area contributed by atoms with Gasteiger partial charge in [-0.05, 0) is 80.0 Å². The van der Waals surface area contributed by atoms with E-state index in [1.54, 1.807) is 0 Å². The van der Waals surface area contributed by atoms with Crippen LogP contribution in [0.15, 0.2) is 0 Å². The van der Waals surface area contributed by atoms with Crippen molar-refractivity contribution in [3.05, 3.63) is 0 Å². The second-order valence-corrected chi connectivity index (χ2v) is 10.6. The molecule has 4 nitrogen and oxygen atoms in total. The van der Waals surface area contributed by atoms with E-state index in [1.165, 1.54) is 46.1 Å². The minimum atomic E-state index is -1.37. The molecule has 0 aliphatic heterocycles. The van der Waals surface area contributed by atoms with Crippen molar-refractivity contribution in [2.45, 2.75) is 91.3 Å². The highest BCUT2D eigenvalue weighted by atomic mass is 16.7. The number of hydrogen-bond acceptors (Lipinski definition) is 4. The van der Waals surface area contributed by atoms with E-state index >= 15 is 0 Å². The lowest BCUT2D eigenvalue weighted by molar-refractivity contribution is -0.246. The molecule has 158 valence electrons. The van der Waals surface area contributed by atoms with Crippen LogP contribution in [0.2, 0.25) is 0 Å². The summed E-state index contributed by atoms with van der Waals surface area (Å²) in [4.78, 5) is 25.7. The molecule has 0 aromatic heterocycles. The van der Waals surface area contributed by atoms with E-state index < -0.39 is 17.2 Å². The Morgan fingerprint density at radius 2 is 1.79 bits per heavy atom. The summed E-state index contributed by atoms with van der Waals surface area (Å²) in [6, 6.07) is 0. The molecule has 4 rings (SSSR count). The average molecular weight is 391 g/mol. The van der Waals surface area contributed by atoms with Crippen LogP contribution in [0, 0.1) is 40.4 Å². The van der Waals surface area contributed by atoms with Gasteiger partial charge in [0.25, 0.3) is 5.79 Å². The number of Topliss-reactive ketones (excluding diaryl/α,β-unsaturated/α-hetero) is 1. The SMILES string of the molecule is CC[C@H]1CC[C@H]2[C@@H]3CC[C@H]4CCC(OC)(OC(C)=O)C(=O)[C@]4(C)[C@H]3CC[C@]12C. The smallest absolute Gasteiger partial charge is 0.305 e. The van der Waals surface area contributed by atoms with Crippen LogP contribution in [0.25, 0.3) is 0 Å². The normalized spacial score (nSPS) is 50.5. The van der Waals surface area contributed by atoms with Crippen molar-refractivity contribution in [1.82, 2.24) is 0 Å². The largest absolute Gasteiger partial charge is 0.425 e. The lowest BCUT2D eigenvalue weighted by atomic mass is 9.44. The van der Waals surface area contributed by atoms with E-state index in [-0.39, 0.29) is 5.78 Å². The summed E-state index contributed by atoms with van der Waals surface area (Å²) >= 11 is 0. The molecule has 4 heteroatoms. The number of hydrogen-bond donors (Lipinski definition) is 0.